The summed E-state index contributed by atoms with van der Waals surface area (Å²) in [4.78, 5) is 2.45. The molecule has 0 radical (unpaired) electrons. The van der Waals surface area contributed by atoms with Gasteiger partial charge >= 0.3 is 0 Å². The van der Waals surface area contributed by atoms with Crippen molar-refractivity contribution in [3.8, 4) is 6.07 Å². The predicted octanol–water partition coefficient (Wildman–Crippen LogP) is 4.66. The van der Waals surface area contributed by atoms with Crippen molar-refractivity contribution in [2.24, 2.45) is 0 Å². The number of hydrogen-bond donors (Lipinski definition) is 0. The fourth-order valence-electron chi connectivity index (χ4n) is 3.05. The first kappa shape index (κ1) is 14.4. The van der Waals surface area contributed by atoms with Crippen molar-refractivity contribution in [2.75, 3.05) is 18.0 Å². The van der Waals surface area contributed by atoms with Crippen LogP contribution in [0, 0.1) is 18.3 Å². The molecular weight excluding hydrogens is 268 g/mol. The van der Waals surface area contributed by atoms with Crippen molar-refractivity contribution >= 4 is 17.3 Å². The van der Waals surface area contributed by atoms with Crippen molar-refractivity contribution in [3.05, 3.63) is 65.2 Å². The lowest BCUT2D eigenvalue weighted by atomic mass is 10.0. The molecule has 1 heterocycles. The highest BCUT2D eigenvalue weighted by molar-refractivity contribution is 5.89. The molecule has 0 spiro atoms. The molecule has 0 unspecified atom stereocenters. The number of hydrogen-bond acceptors (Lipinski definition) is 2. The highest BCUT2D eigenvalue weighted by Gasteiger charge is 2.14. The van der Waals surface area contributed by atoms with Crippen molar-refractivity contribution in [1.29, 1.82) is 5.26 Å². The lowest BCUT2D eigenvalue weighted by Crippen LogP contribution is -2.18. The smallest absolute Gasteiger partial charge is 0.0998 e. The first-order chi connectivity index (χ1) is 10.8. The quantitative estimate of drug-likeness (QED) is 0.606. The summed E-state index contributed by atoms with van der Waals surface area (Å²) in [5, 5.41) is 9.41. The van der Waals surface area contributed by atoms with Crippen molar-refractivity contribution < 1.29 is 0 Å². The molecule has 22 heavy (non-hydrogen) atoms. The van der Waals surface area contributed by atoms with Gasteiger partial charge in [-0.3, -0.25) is 0 Å². The molecule has 2 nitrogen and oxygen atoms in total. The lowest BCUT2D eigenvalue weighted by Gasteiger charge is -2.20. The van der Waals surface area contributed by atoms with Gasteiger partial charge in [0.25, 0.3) is 0 Å². The van der Waals surface area contributed by atoms with E-state index in [9.17, 15) is 5.26 Å². The molecule has 0 aliphatic carbocycles. The zero-order valence-electron chi connectivity index (χ0n) is 12.9. The SMILES string of the molecule is Cc1cc(C=C(C#N)c2ccccc2)ccc1N1CCCC1. The van der Waals surface area contributed by atoms with Crippen LogP contribution in [0.1, 0.15) is 29.5 Å². The van der Waals surface area contributed by atoms with Crippen molar-refractivity contribution in [2.45, 2.75) is 19.8 Å². The van der Waals surface area contributed by atoms with E-state index in [0.29, 0.717) is 5.57 Å². The van der Waals surface area contributed by atoms with Crippen LogP contribution in [0.3, 0.4) is 0 Å². The summed E-state index contributed by atoms with van der Waals surface area (Å²) in [6, 6.07) is 18.6. The molecule has 1 saturated heterocycles. The third kappa shape index (κ3) is 3.04. The monoisotopic (exact) mass is 288 g/mol. The normalized spacial score (nSPS) is 14.9. The van der Waals surface area contributed by atoms with Crippen LogP contribution >= 0.6 is 0 Å². The van der Waals surface area contributed by atoms with Gasteiger partial charge in [-0.25, -0.2) is 0 Å². The lowest BCUT2D eigenvalue weighted by molar-refractivity contribution is 0.949. The Labute approximate surface area is 132 Å². The summed E-state index contributed by atoms with van der Waals surface area (Å²) < 4.78 is 0. The Hall–Kier alpha value is -2.53. The summed E-state index contributed by atoms with van der Waals surface area (Å²) in [6.45, 7) is 4.46. The van der Waals surface area contributed by atoms with Gasteiger partial charge in [-0.15, -0.1) is 0 Å². The van der Waals surface area contributed by atoms with Crippen molar-refractivity contribution in [3.63, 3.8) is 0 Å². The molecule has 1 aliphatic heterocycles. The van der Waals surface area contributed by atoms with Gasteiger partial charge in [-0.2, -0.15) is 5.26 Å². The van der Waals surface area contributed by atoms with E-state index >= 15 is 0 Å². The molecule has 0 amide bonds. The topological polar surface area (TPSA) is 27.0 Å². The number of anilines is 1. The van der Waals surface area contributed by atoms with Gasteiger partial charge in [-0.05, 0) is 54.7 Å². The minimum absolute atomic E-state index is 0.703. The Morgan fingerprint density at radius 1 is 1.09 bits per heavy atom. The van der Waals surface area contributed by atoms with E-state index in [0.717, 1.165) is 24.2 Å². The number of allylic oxidation sites excluding steroid dienone is 1. The average Bonchev–Trinajstić information content (AvgIpc) is 3.07. The van der Waals surface area contributed by atoms with Crippen LogP contribution in [0.5, 0.6) is 0 Å². The molecule has 0 N–H and O–H groups in total. The molecule has 0 saturated carbocycles. The van der Waals surface area contributed by atoms with E-state index in [-0.39, 0.29) is 0 Å². The van der Waals surface area contributed by atoms with Gasteiger partial charge in [0, 0.05) is 18.8 Å². The van der Waals surface area contributed by atoms with Crippen LogP contribution in [0.15, 0.2) is 48.5 Å². The molecule has 2 aromatic carbocycles. The summed E-state index contributed by atoms with van der Waals surface area (Å²) in [5.41, 5.74) is 5.36. The zero-order chi connectivity index (χ0) is 15.4. The molecular formula is C20H20N2. The van der Waals surface area contributed by atoms with E-state index in [1.165, 1.54) is 24.1 Å². The van der Waals surface area contributed by atoms with Crippen LogP contribution in [-0.2, 0) is 0 Å². The summed E-state index contributed by atoms with van der Waals surface area (Å²) in [6.07, 6.45) is 4.54. The van der Waals surface area contributed by atoms with E-state index in [2.05, 4.69) is 36.1 Å². The Morgan fingerprint density at radius 2 is 1.82 bits per heavy atom. The second-order valence-corrected chi connectivity index (χ2v) is 5.78. The van der Waals surface area contributed by atoms with Crippen LogP contribution in [0.2, 0.25) is 0 Å². The summed E-state index contributed by atoms with van der Waals surface area (Å²) >= 11 is 0. The number of rotatable bonds is 3. The van der Waals surface area contributed by atoms with Crippen LogP contribution in [0.4, 0.5) is 5.69 Å². The largest absolute Gasteiger partial charge is 0.371 e. The highest BCUT2D eigenvalue weighted by Crippen LogP contribution is 2.26. The summed E-state index contributed by atoms with van der Waals surface area (Å²) in [5.74, 6) is 0. The molecule has 3 rings (SSSR count). The van der Waals surface area contributed by atoms with Gasteiger partial charge in [-0.1, -0.05) is 36.4 Å². The fourth-order valence-corrected chi connectivity index (χ4v) is 3.05. The van der Waals surface area contributed by atoms with Crippen LogP contribution in [-0.4, -0.2) is 13.1 Å². The van der Waals surface area contributed by atoms with Gasteiger partial charge in [0.05, 0.1) is 11.6 Å². The minimum atomic E-state index is 0.703. The third-order valence-electron chi connectivity index (χ3n) is 4.18. The van der Waals surface area contributed by atoms with E-state index in [1.807, 2.05) is 36.4 Å². The highest BCUT2D eigenvalue weighted by atomic mass is 15.1. The van der Waals surface area contributed by atoms with E-state index in [1.54, 1.807) is 0 Å². The molecule has 0 bridgehead atoms. The molecule has 110 valence electrons. The molecule has 0 atom stereocenters. The Morgan fingerprint density at radius 3 is 2.45 bits per heavy atom. The summed E-state index contributed by atoms with van der Waals surface area (Å²) in [7, 11) is 0. The number of aryl methyl sites for hydroxylation is 1. The maximum atomic E-state index is 9.41. The first-order valence-corrected chi connectivity index (χ1v) is 7.81. The fraction of sp³-hybridized carbons (Fsp3) is 0.250. The second kappa shape index (κ2) is 6.49. The Kier molecular flexibility index (Phi) is 4.25. The van der Waals surface area contributed by atoms with E-state index in [4.69, 9.17) is 0 Å². The van der Waals surface area contributed by atoms with Gasteiger partial charge in [0.15, 0.2) is 0 Å². The zero-order valence-corrected chi connectivity index (χ0v) is 12.9. The average molecular weight is 288 g/mol. The Bertz CT molecular complexity index is 717. The number of nitriles is 1. The second-order valence-electron chi connectivity index (χ2n) is 5.78. The maximum absolute atomic E-state index is 9.41. The van der Waals surface area contributed by atoms with Crippen molar-refractivity contribution in [1.82, 2.24) is 0 Å². The molecule has 2 aromatic rings. The third-order valence-corrected chi connectivity index (χ3v) is 4.18. The minimum Gasteiger partial charge on any atom is -0.371 e. The van der Waals surface area contributed by atoms with Crippen LogP contribution in [0.25, 0.3) is 11.6 Å². The molecule has 1 aliphatic rings. The van der Waals surface area contributed by atoms with Gasteiger partial charge in [0.1, 0.15) is 0 Å². The molecule has 2 heteroatoms. The molecule has 0 aromatic heterocycles. The molecule has 1 fully saturated rings. The van der Waals surface area contributed by atoms with Gasteiger partial charge < -0.3 is 4.90 Å². The van der Waals surface area contributed by atoms with Gasteiger partial charge in [0.2, 0.25) is 0 Å². The Balaban J connectivity index is 1.90. The van der Waals surface area contributed by atoms with E-state index < -0.39 is 0 Å². The first-order valence-electron chi connectivity index (χ1n) is 7.81. The number of benzene rings is 2. The number of nitrogens with zero attached hydrogens (tertiary/aromatic N) is 2. The standard InChI is InChI=1S/C20H20N2/c1-16-13-17(9-10-20(16)22-11-5-6-12-22)14-19(15-21)18-7-3-2-4-8-18/h2-4,7-10,13-14H,5-6,11-12H2,1H3. The predicted molar refractivity (Wildman–Crippen MR) is 92.6 cm³/mol. The van der Waals surface area contributed by atoms with Crippen LogP contribution < -0.4 is 4.90 Å². The maximum Gasteiger partial charge on any atom is 0.0998 e.